The van der Waals surface area contributed by atoms with Gasteiger partial charge in [0.05, 0.1) is 6.61 Å². The molecule has 0 aromatic heterocycles. The molecule has 0 spiro atoms. The SMILES string of the molecule is CCCCC/C=C/C=C/C(=O)O[C@@H]1[C@@H](C)[C@@]2(C)[C@@H](C=C(CO)C[C@]3(O)C(=O)C(C)=C[C@@H]23)[C@@H]2C(C)(C)[C@]12OC(C)=O. The summed E-state index contributed by atoms with van der Waals surface area (Å²) in [7, 11) is 0. The van der Waals surface area contributed by atoms with Crippen molar-refractivity contribution in [3.8, 4) is 0 Å². The van der Waals surface area contributed by atoms with E-state index < -0.39 is 51.9 Å². The van der Waals surface area contributed by atoms with Crippen molar-refractivity contribution in [2.75, 3.05) is 6.61 Å². The number of unbranched alkanes of at least 4 members (excludes halogenated alkanes) is 3. The maximum absolute atomic E-state index is 13.3. The van der Waals surface area contributed by atoms with Gasteiger partial charge < -0.3 is 19.7 Å². The number of ether oxygens (including phenoxy) is 2. The number of ketones is 1. The van der Waals surface area contributed by atoms with Crippen LogP contribution >= 0.6 is 0 Å². The number of carbonyl (C=O) groups excluding carboxylic acids is 3. The van der Waals surface area contributed by atoms with E-state index in [1.165, 1.54) is 13.0 Å². The van der Waals surface area contributed by atoms with Crippen LogP contribution in [0.5, 0.6) is 0 Å². The molecule has 0 bridgehead atoms. The highest BCUT2D eigenvalue weighted by atomic mass is 16.6. The largest absolute Gasteiger partial charge is 0.455 e. The van der Waals surface area contributed by atoms with E-state index in [1.807, 2.05) is 52.0 Å². The number of hydrogen-bond donors (Lipinski definition) is 2. The van der Waals surface area contributed by atoms with E-state index in [-0.39, 0.29) is 30.6 Å². The summed E-state index contributed by atoms with van der Waals surface area (Å²) in [5.74, 6) is -2.79. The minimum absolute atomic E-state index is 0.0329. The van der Waals surface area contributed by atoms with Crippen molar-refractivity contribution < 1.29 is 34.1 Å². The highest BCUT2D eigenvalue weighted by Gasteiger charge is 2.87. The van der Waals surface area contributed by atoms with E-state index in [0.717, 1.165) is 25.7 Å². The van der Waals surface area contributed by atoms with Crippen LogP contribution in [-0.4, -0.2) is 51.8 Å². The highest BCUT2D eigenvalue weighted by Crippen LogP contribution is 2.79. The first kappa shape index (κ1) is 30.4. The first-order valence-corrected chi connectivity index (χ1v) is 14.7. The molecule has 2 fully saturated rings. The molecule has 2 N–H and O–H groups in total. The van der Waals surface area contributed by atoms with Gasteiger partial charge in [0.25, 0.3) is 0 Å². The smallest absolute Gasteiger partial charge is 0.331 e. The lowest BCUT2D eigenvalue weighted by atomic mass is 9.52. The van der Waals surface area contributed by atoms with Gasteiger partial charge in [-0.3, -0.25) is 9.59 Å². The van der Waals surface area contributed by atoms with E-state index >= 15 is 0 Å². The number of esters is 2. The summed E-state index contributed by atoms with van der Waals surface area (Å²) in [5, 5.41) is 22.2. The average molecular weight is 555 g/mol. The summed E-state index contributed by atoms with van der Waals surface area (Å²) in [5.41, 5.74) is -3.00. The standard InChI is InChI=1S/C33H46O7/c1-8-9-10-11-12-13-14-15-26(36)39-29-21(3)31(7)24(27-30(5,6)33(27,29)40-22(4)35)17-23(19-34)18-32(38)25(31)16-20(2)28(32)37/h12-17,21,24-25,27,29,34,38H,8-11,18-19H2,1-7H3/b13-12+,15-14+/t21-,24+,25+,27-,29-,31+,32-,33-/m1/s1. The fourth-order valence-electron chi connectivity index (χ4n) is 8.45. The lowest BCUT2D eigenvalue weighted by Gasteiger charge is -2.54. The van der Waals surface area contributed by atoms with Crippen LogP contribution in [0.1, 0.15) is 80.6 Å². The molecule has 220 valence electrons. The van der Waals surface area contributed by atoms with Gasteiger partial charge in [-0.05, 0) is 42.2 Å². The second-order valence-electron chi connectivity index (χ2n) is 13.1. The van der Waals surface area contributed by atoms with Crippen molar-refractivity contribution in [2.45, 2.75) is 97.9 Å². The minimum Gasteiger partial charge on any atom is -0.455 e. The van der Waals surface area contributed by atoms with Crippen LogP contribution in [0.4, 0.5) is 0 Å². The molecule has 0 heterocycles. The first-order chi connectivity index (χ1) is 18.7. The molecule has 0 saturated heterocycles. The number of allylic oxidation sites excluding steroid dienone is 4. The predicted octanol–water partition coefficient (Wildman–Crippen LogP) is 5.02. The Morgan fingerprint density at radius 3 is 2.48 bits per heavy atom. The van der Waals surface area contributed by atoms with Gasteiger partial charge in [0, 0.05) is 42.6 Å². The lowest BCUT2D eigenvalue weighted by molar-refractivity contribution is -0.203. The Morgan fingerprint density at radius 2 is 1.85 bits per heavy atom. The number of aliphatic hydroxyl groups is 2. The molecule has 2 saturated carbocycles. The molecule has 4 aliphatic carbocycles. The molecule has 0 aromatic rings. The Morgan fingerprint density at radius 1 is 1.15 bits per heavy atom. The topological polar surface area (TPSA) is 110 Å². The summed E-state index contributed by atoms with van der Waals surface area (Å²) in [6.45, 7) is 13.0. The molecule has 0 radical (unpaired) electrons. The lowest BCUT2D eigenvalue weighted by Crippen LogP contribution is -2.61. The van der Waals surface area contributed by atoms with Crippen LogP contribution in [0.2, 0.25) is 0 Å². The third-order valence-corrected chi connectivity index (χ3v) is 10.6. The van der Waals surface area contributed by atoms with E-state index in [9.17, 15) is 24.6 Å². The van der Waals surface area contributed by atoms with Gasteiger partial charge in [-0.1, -0.05) is 77.8 Å². The van der Waals surface area contributed by atoms with Crippen LogP contribution < -0.4 is 0 Å². The van der Waals surface area contributed by atoms with E-state index in [1.54, 1.807) is 13.0 Å². The molecule has 7 nitrogen and oxygen atoms in total. The predicted molar refractivity (Wildman–Crippen MR) is 152 cm³/mol. The summed E-state index contributed by atoms with van der Waals surface area (Å²) >= 11 is 0. The van der Waals surface area contributed by atoms with Gasteiger partial charge >= 0.3 is 11.9 Å². The van der Waals surface area contributed by atoms with E-state index in [2.05, 4.69) is 6.92 Å². The van der Waals surface area contributed by atoms with E-state index in [4.69, 9.17) is 9.47 Å². The van der Waals surface area contributed by atoms with Crippen molar-refractivity contribution in [1.82, 2.24) is 0 Å². The molecule has 7 heteroatoms. The van der Waals surface area contributed by atoms with Crippen LogP contribution in [0, 0.1) is 34.5 Å². The van der Waals surface area contributed by atoms with Gasteiger partial charge in [0.1, 0.15) is 11.7 Å². The van der Waals surface area contributed by atoms with Gasteiger partial charge in [0.15, 0.2) is 11.4 Å². The van der Waals surface area contributed by atoms with Crippen LogP contribution in [0.15, 0.2) is 47.6 Å². The number of rotatable bonds is 9. The first-order valence-electron chi connectivity index (χ1n) is 14.7. The maximum atomic E-state index is 13.3. The third-order valence-electron chi connectivity index (χ3n) is 10.6. The number of Topliss-reactive ketones (excluding diaryl/α,β-unsaturated/α-hetero) is 1. The Balaban J connectivity index is 1.76. The number of fused-ring (bicyclic) bond motifs is 5. The van der Waals surface area contributed by atoms with Crippen LogP contribution in [-0.2, 0) is 23.9 Å². The van der Waals surface area contributed by atoms with Gasteiger partial charge in [-0.25, -0.2) is 4.79 Å². The van der Waals surface area contributed by atoms with Crippen molar-refractivity contribution in [3.05, 3.63) is 47.6 Å². The molecular formula is C33H46O7. The molecule has 4 rings (SSSR count). The summed E-state index contributed by atoms with van der Waals surface area (Å²) in [6.07, 6.45) is 14.4. The Labute approximate surface area is 238 Å². The Kier molecular flexibility index (Phi) is 8.16. The summed E-state index contributed by atoms with van der Waals surface area (Å²) < 4.78 is 12.3. The summed E-state index contributed by atoms with van der Waals surface area (Å²) in [6, 6.07) is 0. The zero-order valence-electron chi connectivity index (χ0n) is 25.0. The van der Waals surface area contributed by atoms with Crippen molar-refractivity contribution >= 4 is 17.7 Å². The molecule has 4 aliphatic rings. The van der Waals surface area contributed by atoms with Gasteiger partial charge in [-0.15, -0.1) is 0 Å². The molecule has 0 aromatic carbocycles. The molecule has 8 atom stereocenters. The second-order valence-corrected chi connectivity index (χ2v) is 13.1. The molecule has 0 unspecified atom stereocenters. The fourth-order valence-corrected chi connectivity index (χ4v) is 8.45. The van der Waals surface area contributed by atoms with Crippen molar-refractivity contribution in [1.29, 1.82) is 0 Å². The maximum Gasteiger partial charge on any atom is 0.331 e. The zero-order chi connectivity index (χ0) is 29.7. The molecule has 0 aliphatic heterocycles. The summed E-state index contributed by atoms with van der Waals surface area (Å²) in [4.78, 5) is 39.0. The molecular weight excluding hydrogens is 508 g/mol. The molecule has 0 amide bonds. The normalized spacial score (nSPS) is 39.6. The van der Waals surface area contributed by atoms with Crippen LogP contribution in [0.3, 0.4) is 0 Å². The quantitative estimate of drug-likeness (QED) is 0.135. The van der Waals surface area contributed by atoms with Crippen molar-refractivity contribution in [3.63, 3.8) is 0 Å². The molecule has 40 heavy (non-hydrogen) atoms. The fraction of sp³-hybridized carbons (Fsp3) is 0.667. The minimum atomic E-state index is -1.70. The van der Waals surface area contributed by atoms with E-state index in [0.29, 0.717) is 11.1 Å². The average Bonchev–Trinajstić information content (AvgIpc) is 3.31. The van der Waals surface area contributed by atoms with Crippen LogP contribution in [0.25, 0.3) is 0 Å². The number of carbonyl (C=O) groups is 3. The zero-order valence-corrected chi connectivity index (χ0v) is 25.0. The van der Waals surface area contributed by atoms with Crippen molar-refractivity contribution in [2.24, 2.45) is 34.5 Å². The number of aliphatic hydroxyl groups excluding tert-OH is 1. The number of hydrogen-bond acceptors (Lipinski definition) is 7. The Hall–Kier alpha value is -2.51. The Bertz CT molecular complexity index is 1180. The second kappa shape index (κ2) is 10.7. The third kappa shape index (κ3) is 4.44. The van der Waals surface area contributed by atoms with Gasteiger partial charge in [-0.2, -0.15) is 0 Å². The monoisotopic (exact) mass is 554 g/mol. The van der Waals surface area contributed by atoms with Gasteiger partial charge in [0.2, 0.25) is 0 Å². The highest BCUT2D eigenvalue weighted by molar-refractivity contribution is 6.04.